The second-order valence-corrected chi connectivity index (χ2v) is 8.29. The largest absolute Gasteiger partial charge is 0.465 e. The molecule has 1 aliphatic rings. The number of methoxy groups -OCH3 is 1. The summed E-state index contributed by atoms with van der Waals surface area (Å²) in [5.74, 6) is -1.79. The number of hydrogen-bond acceptors (Lipinski definition) is 3. The molecule has 142 valence electrons. The highest BCUT2D eigenvalue weighted by molar-refractivity contribution is 5.93. The third-order valence-corrected chi connectivity index (χ3v) is 5.12. The van der Waals surface area contributed by atoms with Crippen molar-refractivity contribution in [2.75, 3.05) is 7.11 Å². The van der Waals surface area contributed by atoms with E-state index in [0.717, 1.165) is 16.9 Å². The minimum atomic E-state index is -2.52. The first-order valence-corrected chi connectivity index (χ1v) is 9.08. The van der Waals surface area contributed by atoms with Gasteiger partial charge in [-0.3, -0.25) is 0 Å². The smallest absolute Gasteiger partial charge is 0.337 e. The van der Waals surface area contributed by atoms with Crippen molar-refractivity contribution in [1.82, 2.24) is 9.55 Å². The fourth-order valence-corrected chi connectivity index (χ4v) is 3.67. The van der Waals surface area contributed by atoms with E-state index in [1.807, 2.05) is 6.07 Å². The molecular formula is C20H26F2N2O2. The first kappa shape index (κ1) is 18.8. The predicted molar refractivity (Wildman–Crippen MR) is 96.7 cm³/mol. The van der Waals surface area contributed by atoms with E-state index in [-0.39, 0.29) is 24.2 Å². The number of esters is 1. The molecule has 26 heavy (non-hydrogen) atoms. The second-order valence-electron chi connectivity index (χ2n) is 8.29. The predicted octanol–water partition coefficient (Wildman–Crippen LogP) is 4.95. The zero-order valence-corrected chi connectivity index (χ0v) is 15.8. The summed E-state index contributed by atoms with van der Waals surface area (Å²) in [4.78, 5) is 16.6. The summed E-state index contributed by atoms with van der Waals surface area (Å²) in [7, 11) is 1.35. The van der Waals surface area contributed by atoms with Crippen molar-refractivity contribution in [3.63, 3.8) is 0 Å². The summed E-state index contributed by atoms with van der Waals surface area (Å²) in [6, 6.07) is 5.34. The molecule has 2 aromatic rings. The average Bonchev–Trinajstić information content (AvgIpc) is 2.94. The molecule has 0 spiro atoms. The van der Waals surface area contributed by atoms with E-state index in [1.165, 1.54) is 7.11 Å². The monoisotopic (exact) mass is 364 g/mol. The number of nitrogens with zero attached hydrogens (tertiary/aromatic N) is 2. The lowest BCUT2D eigenvalue weighted by atomic mass is 9.86. The molecule has 6 heteroatoms. The molecule has 1 aromatic carbocycles. The van der Waals surface area contributed by atoms with E-state index in [2.05, 4.69) is 25.3 Å². The Morgan fingerprint density at radius 3 is 2.54 bits per heavy atom. The Hall–Kier alpha value is -1.98. The molecule has 3 rings (SSSR count). The van der Waals surface area contributed by atoms with Crippen LogP contribution in [-0.4, -0.2) is 28.6 Å². The maximum absolute atomic E-state index is 13.5. The van der Waals surface area contributed by atoms with Gasteiger partial charge in [0.15, 0.2) is 0 Å². The zero-order valence-electron chi connectivity index (χ0n) is 15.8. The van der Waals surface area contributed by atoms with Crippen LogP contribution in [0.1, 0.15) is 62.6 Å². The summed E-state index contributed by atoms with van der Waals surface area (Å²) in [5.41, 5.74) is 1.93. The molecule has 1 saturated carbocycles. The number of fused-ring (bicyclic) bond motifs is 1. The standard InChI is InChI=1S/C20H26F2N2O2/c1-19(2,3)18-23-15-11-14(17(25)26-4)5-6-16(15)24(18)12-13-7-9-20(21,22)10-8-13/h5-6,11,13H,7-10,12H2,1-4H3. The number of carbonyl (C=O) groups excluding carboxylic acids is 1. The third-order valence-electron chi connectivity index (χ3n) is 5.12. The van der Waals surface area contributed by atoms with Crippen molar-refractivity contribution in [2.45, 2.75) is 64.3 Å². The van der Waals surface area contributed by atoms with Gasteiger partial charge in [-0.05, 0) is 37.0 Å². The molecule has 0 bridgehead atoms. The molecule has 0 amide bonds. The van der Waals surface area contributed by atoms with Gasteiger partial charge in [0.1, 0.15) is 5.82 Å². The van der Waals surface area contributed by atoms with Gasteiger partial charge >= 0.3 is 5.97 Å². The van der Waals surface area contributed by atoms with Crippen LogP contribution in [0.5, 0.6) is 0 Å². The van der Waals surface area contributed by atoms with Crippen molar-refractivity contribution in [1.29, 1.82) is 0 Å². The van der Waals surface area contributed by atoms with Gasteiger partial charge in [0.2, 0.25) is 5.92 Å². The minimum absolute atomic E-state index is 0.0400. The number of halogens is 2. The SMILES string of the molecule is COC(=O)c1ccc2c(c1)nc(C(C)(C)C)n2CC1CCC(F)(F)CC1. The van der Waals surface area contributed by atoms with Crippen LogP contribution in [0, 0.1) is 5.92 Å². The van der Waals surface area contributed by atoms with Crippen LogP contribution in [0.25, 0.3) is 11.0 Å². The summed E-state index contributed by atoms with van der Waals surface area (Å²) < 4.78 is 33.9. The van der Waals surface area contributed by atoms with Crippen molar-refractivity contribution < 1.29 is 18.3 Å². The maximum Gasteiger partial charge on any atom is 0.337 e. The molecule has 4 nitrogen and oxygen atoms in total. The number of imidazole rings is 1. The number of rotatable bonds is 3. The fraction of sp³-hybridized carbons (Fsp3) is 0.600. The van der Waals surface area contributed by atoms with Gasteiger partial charge in [0.25, 0.3) is 0 Å². The highest BCUT2D eigenvalue weighted by Crippen LogP contribution is 2.38. The van der Waals surface area contributed by atoms with Crippen LogP contribution in [0.3, 0.4) is 0 Å². The molecule has 0 N–H and O–H groups in total. The van der Waals surface area contributed by atoms with Gasteiger partial charge in [-0.15, -0.1) is 0 Å². The van der Waals surface area contributed by atoms with Crippen LogP contribution in [0.4, 0.5) is 8.78 Å². The lowest BCUT2D eigenvalue weighted by Gasteiger charge is -2.30. The van der Waals surface area contributed by atoms with E-state index < -0.39 is 11.9 Å². The Morgan fingerprint density at radius 1 is 1.31 bits per heavy atom. The Balaban J connectivity index is 1.98. The molecule has 0 saturated heterocycles. The first-order valence-electron chi connectivity index (χ1n) is 9.08. The Labute approximate surface area is 152 Å². The number of carbonyl (C=O) groups is 1. The third kappa shape index (κ3) is 3.74. The molecule has 1 heterocycles. The van der Waals surface area contributed by atoms with Crippen molar-refractivity contribution in [2.24, 2.45) is 5.92 Å². The number of hydrogen-bond donors (Lipinski definition) is 0. The van der Waals surface area contributed by atoms with E-state index >= 15 is 0 Å². The zero-order chi connectivity index (χ0) is 19.1. The van der Waals surface area contributed by atoms with Crippen molar-refractivity contribution in [3.05, 3.63) is 29.6 Å². The summed E-state index contributed by atoms with van der Waals surface area (Å²) in [6.45, 7) is 6.93. The molecule has 0 atom stereocenters. The van der Waals surface area contributed by atoms with Crippen LogP contribution >= 0.6 is 0 Å². The molecular weight excluding hydrogens is 338 g/mol. The topological polar surface area (TPSA) is 44.1 Å². The normalized spacial score (nSPS) is 18.2. The summed E-state index contributed by atoms with van der Waals surface area (Å²) in [5, 5.41) is 0. The van der Waals surface area contributed by atoms with Gasteiger partial charge in [0.05, 0.1) is 23.7 Å². The Kier molecular flexibility index (Phi) is 4.80. The van der Waals surface area contributed by atoms with Gasteiger partial charge in [-0.1, -0.05) is 20.8 Å². The molecule has 0 aliphatic heterocycles. The van der Waals surface area contributed by atoms with Gasteiger partial charge in [-0.25, -0.2) is 18.6 Å². The second kappa shape index (κ2) is 6.63. The van der Waals surface area contributed by atoms with Gasteiger partial charge in [0, 0.05) is 24.8 Å². The number of benzene rings is 1. The van der Waals surface area contributed by atoms with Crippen molar-refractivity contribution in [3.8, 4) is 0 Å². The summed E-state index contributed by atoms with van der Waals surface area (Å²) >= 11 is 0. The van der Waals surface area contributed by atoms with Gasteiger partial charge in [-0.2, -0.15) is 0 Å². The van der Waals surface area contributed by atoms with Gasteiger partial charge < -0.3 is 9.30 Å². The molecule has 1 aromatic heterocycles. The van der Waals surface area contributed by atoms with Crippen LogP contribution < -0.4 is 0 Å². The molecule has 0 radical (unpaired) electrons. The Morgan fingerprint density at radius 2 is 1.96 bits per heavy atom. The molecule has 0 unspecified atom stereocenters. The first-order chi connectivity index (χ1) is 12.1. The van der Waals surface area contributed by atoms with Crippen molar-refractivity contribution >= 4 is 17.0 Å². The minimum Gasteiger partial charge on any atom is -0.465 e. The molecule has 1 aliphatic carbocycles. The number of alkyl halides is 2. The lowest BCUT2D eigenvalue weighted by molar-refractivity contribution is -0.0473. The highest BCUT2D eigenvalue weighted by Gasteiger charge is 2.35. The number of ether oxygens (including phenoxy) is 1. The van der Waals surface area contributed by atoms with E-state index in [4.69, 9.17) is 9.72 Å². The quantitative estimate of drug-likeness (QED) is 0.724. The summed E-state index contributed by atoms with van der Waals surface area (Å²) in [6.07, 6.45) is 0.969. The fourth-order valence-electron chi connectivity index (χ4n) is 3.67. The lowest BCUT2D eigenvalue weighted by Crippen LogP contribution is -2.28. The number of aromatic nitrogens is 2. The molecule has 1 fully saturated rings. The van der Waals surface area contributed by atoms with E-state index in [9.17, 15) is 13.6 Å². The van der Waals surface area contributed by atoms with Crippen LogP contribution in [0.15, 0.2) is 18.2 Å². The van der Waals surface area contributed by atoms with Crippen LogP contribution in [-0.2, 0) is 16.7 Å². The van der Waals surface area contributed by atoms with Crippen LogP contribution in [0.2, 0.25) is 0 Å². The maximum atomic E-state index is 13.5. The average molecular weight is 364 g/mol. The Bertz CT molecular complexity index is 811. The van der Waals surface area contributed by atoms with E-state index in [0.29, 0.717) is 24.9 Å². The van der Waals surface area contributed by atoms with E-state index in [1.54, 1.807) is 12.1 Å². The highest BCUT2D eigenvalue weighted by atomic mass is 19.3.